The Labute approximate surface area is 108 Å². The average Bonchev–Trinajstić information content (AvgIpc) is 2.38. The number of rotatable bonds is 4. The predicted molar refractivity (Wildman–Crippen MR) is 72.9 cm³/mol. The fraction of sp³-hybridized carbons (Fsp3) is 0.500. The van der Waals surface area contributed by atoms with E-state index in [1.807, 2.05) is 18.2 Å². The SMILES string of the molecule is NC(=O)C1CCN(CCc2ccccc2N)CC1. The number of para-hydroxylation sites is 1. The summed E-state index contributed by atoms with van der Waals surface area (Å²) < 4.78 is 0. The highest BCUT2D eigenvalue weighted by Crippen LogP contribution is 2.18. The molecule has 0 spiro atoms. The molecule has 1 heterocycles. The highest BCUT2D eigenvalue weighted by atomic mass is 16.1. The van der Waals surface area contributed by atoms with Crippen LogP contribution in [0.25, 0.3) is 0 Å². The molecule has 1 aromatic carbocycles. The summed E-state index contributed by atoms with van der Waals surface area (Å²) >= 11 is 0. The smallest absolute Gasteiger partial charge is 0.220 e. The van der Waals surface area contributed by atoms with E-state index >= 15 is 0 Å². The van der Waals surface area contributed by atoms with E-state index in [0.717, 1.165) is 44.6 Å². The van der Waals surface area contributed by atoms with Crippen LogP contribution in [0.4, 0.5) is 5.69 Å². The van der Waals surface area contributed by atoms with Gasteiger partial charge in [0.25, 0.3) is 0 Å². The van der Waals surface area contributed by atoms with Crippen LogP contribution < -0.4 is 11.5 Å². The summed E-state index contributed by atoms with van der Waals surface area (Å²) in [6.07, 6.45) is 2.74. The Kier molecular flexibility index (Phi) is 4.20. The van der Waals surface area contributed by atoms with Crippen LogP contribution in [0.2, 0.25) is 0 Å². The number of nitrogens with zero attached hydrogens (tertiary/aromatic N) is 1. The molecule has 18 heavy (non-hydrogen) atoms. The molecule has 1 aliphatic rings. The zero-order valence-electron chi connectivity index (χ0n) is 10.6. The van der Waals surface area contributed by atoms with E-state index in [-0.39, 0.29) is 11.8 Å². The van der Waals surface area contributed by atoms with Gasteiger partial charge in [0.15, 0.2) is 0 Å². The normalized spacial score (nSPS) is 17.8. The first kappa shape index (κ1) is 12.9. The van der Waals surface area contributed by atoms with Gasteiger partial charge in [-0.05, 0) is 44.0 Å². The van der Waals surface area contributed by atoms with Crippen LogP contribution in [-0.2, 0) is 11.2 Å². The van der Waals surface area contributed by atoms with Gasteiger partial charge >= 0.3 is 0 Å². The van der Waals surface area contributed by atoms with E-state index in [1.54, 1.807) is 0 Å². The van der Waals surface area contributed by atoms with Crippen molar-refractivity contribution in [2.24, 2.45) is 11.7 Å². The second-order valence-corrected chi connectivity index (χ2v) is 4.97. The molecule has 0 atom stereocenters. The van der Waals surface area contributed by atoms with Crippen molar-refractivity contribution in [1.29, 1.82) is 0 Å². The maximum absolute atomic E-state index is 11.1. The van der Waals surface area contributed by atoms with Crippen LogP contribution in [0.1, 0.15) is 18.4 Å². The topological polar surface area (TPSA) is 72.4 Å². The highest BCUT2D eigenvalue weighted by molar-refractivity contribution is 5.76. The van der Waals surface area contributed by atoms with Crippen molar-refractivity contribution in [1.82, 2.24) is 4.90 Å². The zero-order valence-corrected chi connectivity index (χ0v) is 10.6. The molecule has 2 rings (SSSR count). The first-order valence-corrected chi connectivity index (χ1v) is 6.52. The lowest BCUT2D eigenvalue weighted by Gasteiger charge is -2.30. The van der Waals surface area contributed by atoms with Crippen molar-refractivity contribution in [3.8, 4) is 0 Å². The van der Waals surface area contributed by atoms with Crippen molar-refractivity contribution in [3.05, 3.63) is 29.8 Å². The molecule has 4 heteroatoms. The number of primary amides is 1. The third-order valence-corrected chi connectivity index (χ3v) is 3.74. The Balaban J connectivity index is 1.79. The summed E-state index contributed by atoms with van der Waals surface area (Å²) in [6, 6.07) is 7.99. The van der Waals surface area contributed by atoms with E-state index in [9.17, 15) is 4.79 Å². The number of piperidine rings is 1. The van der Waals surface area contributed by atoms with Gasteiger partial charge in [-0.15, -0.1) is 0 Å². The lowest BCUT2D eigenvalue weighted by atomic mass is 9.96. The van der Waals surface area contributed by atoms with Gasteiger partial charge in [-0.1, -0.05) is 18.2 Å². The molecule has 1 saturated heterocycles. The lowest BCUT2D eigenvalue weighted by molar-refractivity contribution is -0.123. The minimum absolute atomic E-state index is 0.0723. The molecule has 4 N–H and O–H groups in total. The van der Waals surface area contributed by atoms with E-state index in [4.69, 9.17) is 11.5 Å². The van der Waals surface area contributed by atoms with Crippen molar-refractivity contribution in [2.45, 2.75) is 19.3 Å². The van der Waals surface area contributed by atoms with Gasteiger partial charge in [-0.25, -0.2) is 0 Å². The maximum Gasteiger partial charge on any atom is 0.220 e. The highest BCUT2D eigenvalue weighted by Gasteiger charge is 2.22. The number of hydrogen-bond acceptors (Lipinski definition) is 3. The summed E-state index contributed by atoms with van der Waals surface area (Å²) in [7, 11) is 0. The average molecular weight is 247 g/mol. The van der Waals surface area contributed by atoms with E-state index in [0.29, 0.717) is 0 Å². The van der Waals surface area contributed by atoms with E-state index in [1.165, 1.54) is 5.56 Å². The Morgan fingerprint density at radius 1 is 1.28 bits per heavy atom. The number of hydrogen-bond donors (Lipinski definition) is 2. The van der Waals surface area contributed by atoms with Crippen molar-refractivity contribution in [2.75, 3.05) is 25.4 Å². The largest absolute Gasteiger partial charge is 0.399 e. The molecule has 1 aromatic rings. The molecule has 98 valence electrons. The van der Waals surface area contributed by atoms with Crippen molar-refractivity contribution >= 4 is 11.6 Å². The summed E-state index contributed by atoms with van der Waals surface area (Å²) in [4.78, 5) is 13.5. The number of anilines is 1. The van der Waals surface area contributed by atoms with Gasteiger partial charge in [-0.3, -0.25) is 4.79 Å². The van der Waals surface area contributed by atoms with Crippen LogP contribution in [0.5, 0.6) is 0 Å². The molecule has 0 bridgehead atoms. The maximum atomic E-state index is 11.1. The number of carbonyl (C=O) groups excluding carboxylic acids is 1. The molecule has 4 nitrogen and oxygen atoms in total. The van der Waals surface area contributed by atoms with Crippen LogP contribution in [-0.4, -0.2) is 30.4 Å². The van der Waals surface area contributed by atoms with Gasteiger partial charge in [-0.2, -0.15) is 0 Å². The Morgan fingerprint density at radius 2 is 1.94 bits per heavy atom. The zero-order chi connectivity index (χ0) is 13.0. The molecular weight excluding hydrogens is 226 g/mol. The quantitative estimate of drug-likeness (QED) is 0.780. The summed E-state index contributed by atoms with van der Waals surface area (Å²) in [5.41, 5.74) is 13.3. The van der Waals surface area contributed by atoms with Crippen LogP contribution in [0.15, 0.2) is 24.3 Å². The fourth-order valence-corrected chi connectivity index (χ4v) is 2.48. The fourth-order valence-electron chi connectivity index (χ4n) is 2.48. The number of likely N-dealkylation sites (tertiary alicyclic amines) is 1. The molecule has 1 aliphatic heterocycles. The third kappa shape index (κ3) is 3.23. The lowest BCUT2D eigenvalue weighted by Crippen LogP contribution is -2.39. The molecule has 0 saturated carbocycles. The van der Waals surface area contributed by atoms with Crippen LogP contribution in [0.3, 0.4) is 0 Å². The summed E-state index contributed by atoms with van der Waals surface area (Å²) in [5.74, 6) is -0.0787. The van der Waals surface area contributed by atoms with Crippen molar-refractivity contribution < 1.29 is 4.79 Å². The van der Waals surface area contributed by atoms with Gasteiger partial charge in [0, 0.05) is 18.2 Å². The Hall–Kier alpha value is -1.55. The summed E-state index contributed by atoms with van der Waals surface area (Å²) in [6.45, 7) is 2.92. The van der Waals surface area contributed by atoms with Crippen LogP contribution in [0, 0.1) is 5.92 Å². The third-order valence-electron chi connectivity index (χ3n) is 3.74. The first-order chi connectivity index (χ1) is 8.66. The number of amides is 1. The number of nitrogen functional groups attached to an aromatic ring is 1. The van der Waals surface area contributed by atoms with Crippen LogP contribution >= 0.6 is 0 Å². The number of carbonyl (C=O) groups is 1. The molecule has 1 fully saturated rings. The summed E-state index contributed by atoms with van der Waals surface area (Å²) in [5, 5.41) is 0. The second-order valence-electron chi connectivity index (χ2n) is 4.97. The molecule has 0 aliphatic carbocycles. The molecule has 1 amide bonds. The molecule has 0 aromatic heterocycles. The first-order valence-electron chi connectivity index (χ1n) is 6.52. The predicted octanol–water partition coefficient (Wildman–Crippen LogP) is 1.01. The Bertz CT molecular complexity index is 411. The van der Waals surface area contributed by atoms with Gasteiger partial charge in [0.1, 0.15) is 0 Å². The number of nitrogens with two attached hydrogens (primary N) is 2. The monoisotopic (exact) mass is 247 g/mol. The minimum Gasteiger partial charge on any atom is -0.399 e. The van der Waals surface area contributed by atoms with Gasteiger partial charge in [0.2, 0.25) is 5.91 Å². The van der Waals surface area contributed by atoms with Crippen molar-refractivity contribution in [3.63, 3.8) is 0 Å². The standard InChI is InChI=1S/C14H21N3O/c15-13-4-2-1-3-11(13)5-8-17-9-6-12(7-10-17)14(16)18/h1-4,12H,5-10,15H2,(H2,16,18). The van der Waals surface area contributed by atoms with E-state index in [2.05, 4.69) is 11.0 Å². The molecular formula is C14H21N3O. The van der Waals surface area contributed by atoms with Gasteiger partial charge < -0.3 is 16.4 Å². The molecule has 0 unspecified atom stereocenters. The number of benzene rings is 1. The second kappa shape index (κ2) is 5.87. The Morgan fingerprint density at radius 3 is 2.56 bits per heavy atom. The van der Waals surface area contributed by atoms with Gasteiger partial charge in [0.05, 0.1) is 0 Å². The van der Waals surface area contributed by atoms with E-state index < -0.39 is 0 Å². The molecule has 0 radical (unpaired) electrons. The minimum atomic E-state index is -0.151.